The number of nitrogens with two attached hydrogens (primary N) is 1. The summed E-state index contributed by atoms with van der Waals surface area (Å²) in [6.07, 6.45) is 0. The Labute approximate surface area is 126 Å². The molecule has 0 aliphatic carbocycles. The minimum absolute atomic E-state index is 0.529. The van der Waals surface area contributed by atoms with E-state index in [1.54, 1.807) is 30.0 Å². The van der Waals surface area contributed by atoms with E-state index in [0.29, 0.717) is 22.4 Å². The SMILES string of the molecule is Nc1cccc(SCCOc2ccc(Cl)cc2Cl)c1. The lowest BCUT2D eigenvalue weighted by molar-refractivity contribution is 0.344. The van der Waals surface area contributed by atoms with Crippen molar-refractivity contribution < 1.29 is 4.74 Å². The van der Waals surface area contributed by atoms with Crippen LogP contribution in [0.2, 0.25) is 10.0 Å². The van der Waals surface area contributed by atoms with Crippen LogP contribution in [0.3, 0.4) is 0 Å². The maximum Gasteiger partial charge on any atom is 0.138 e. The number of anilines is 1. The minimum atomic E-state index is 0.529. The number of hydrogen-bond donors (Lipinski definition) is 1. The van der Waals surface area contributed by atoms with E-state index in [4.69, 9.17) is 33.7 Å². The van der Waals surface area contributed by atoms with E-state index >= 15 is 0 Å². The fourth-order valence-electron chi connectivity index (χ4n) is 1.51. The molecule has 0 aliphatic rings. The van der Waals surface area contributed by atoms with Crippen LogP contribution in [0.25, 0.3) is 0 Å². The highest BCUT2D eigenvalue weighted by atomic mass is 35.5. The highest BCUT2D eigenvalue weighted by Crippen LogP contribution is 2.28. The quantitative estimate of drug-likeness (QED) is 0.491. The van der Waals surface area contributed by atoms with Crippen molar-refractivity contribution in [1.29, 1.82) is 0 Å². The molecule has 0 saturated heterocycles. The lowest BCUT2D eigenvalue weighted by Crippen LogP contribution is -2.00. The van der Waals surface area contributed by atoms with Crippen LogP contribution in [0.15, 0.2) is 47.4 Å². The fraction of sp³-hybridized carbons (Fsp3) is 0.143. The van der Waals surface area contributed by atoms with Crippen molar-refractivity contribution in [1.82, 2.24) is 0 Å². The largest absolute Gasteiger partial charge is 0.491 e. The van der Waals surface area contributed by atoms with Gasteiger partial charge in [0.2, 0.25) is 0 Å². The first-order valence-corrected chi connectivity index (χ1v) is 7.45. The molecule has 2 aromatic rings. The molecule has 2 N–H and O–H groups in total. The van der Waals surface area contributed by atoms with E-state index in [9.17, 15) is 0 Å². The van der Waals surface area contributed by atoms with Crippen molar-refractivity contribution in [2.45, 2.75) is 4.90 Å². The Balaban J connectivity index is 1.81. The molecule has 100 valence electrons. The van der Waals surface area contributed by atoms with E-state index in [1.165, 1.54) is 0 Å². The summed E-state index contributed by atoms with van der Waals surface area (Å²) in [6, 6.07) is 13.0. The zero-order valence-electron chi connectivity index (χ0n) is 10.1. The smallest absolute Gasteiger partial charge is 0.138 e. The maximum atomic E-state index is 6.01. The van der Waals surface area contributed by atoms with Crippen molar-refractivity contribution in [3.8, 4) is 5.75 Å². The van der Waals surface area contributed by atoms with Gasteiger partial charge in [0.25, 0.3) is 0 Å². The molecule has 0 radical (unpaired) electrons. The average Bonchev–Trinajstić information content (AvgIpc) is 2.37. The molecular weight excluding hydrogens is 301 g/mol. The van der Waals surface area contributed by atoms with Crippen molar-refractivity contribution >= 4 is 40.7 Å². The second-order valence-electron chi connectivity index (χ2n) is 3.84. The van der Waals surface area contributed by atoms with Gasteiger partial charge in [-0.3, -0.25) is 0 Å². The van der Waals surface area contributed by atoms with Crippen LogP contribution in [-0.4, -0.2) is 12.4 Å². The maximum absolute atomic E-state index is 6.01. The number of rotatable bonds is 5. The molecule has 0 atom stereocenters. The van der Waals surface area contributed by atoms with Crippen LogP contribution in [0.4, 0.5) is 5.69 Å². The number of halogens is 2. The van der Waals surface area contributed by atoms with E-state index in [0.717, 1.165) is 16.3 Å². The molecular formula is C14H13Cl2NOS. The summed E-state index contributed by atoms with van der Waals surface area (Å²) in [4.78, 5) is 1.13. The molecule has 0 unspecified atom stereocenters. The van der Waals surface area contributed by atoms with Gasteiger partial charge in [0, 0.05) is 21.4 Å². The zero-order valence-corrected chi connectivity index (χ0v) is 12.4. The van der Waals surface area contributed by atoms with Crippen LogP contribution in [-0.2, 0) is 0 Å². The summed E-state index contributed by atoms with van der Waals surface area (Å²) >= 11 is 13.5. The van der Waals surface area contributed by atoms with Gasteiger partial charge in [-0.05, 0) is 36.4 Å². The van der Waals surface area contributed by atoms with Gasteiger partial charge in [-0.15, -0.1) is 11.8 Å². The van der Waals surface area contributed by atoms with Crippen LogP contribution >= 0.6 is 35.0 Å². The summed E-state index contributed by atoms with van der Waals surface area (Å²) < 4.78 is 5.60. The van der Waals surface area contributed by atoms with E-state index in [-0.39, 0.29) is 0 Å². The molecule has 0 heterocycles. The highest BCUT2D eigenvalue weighted by molar-refractivity contribution is 7.99. The van der Waals surface area contributed by atoms with Gasteiger partial charge in [0.05, 0.1) is 11.6 Å². The van der Waals surface area contributed by atoms with Crippen LogP contribution in [0, 0.1) is 0 Å². The van der Waals surface area contributed by atoms with Crippen LogP contribution in [0.5, 0.6) is 5.75 Å². The second kappa shape index (κ2) is 6.94. The fourth-order valence-corrected chi connectivity index (χ4v) is 2.77. The first-order chi connectivity index (χ1) is 9.15. The molecule has 0 fully saturated rings. The molecule has 2 nitrogen and oxygen atoms in total. The summed E-state index contributed by atoms with van der Waals surface area (Å²) in [7, 11) is 0. The number of hydrogen-bond acceptors (Lipinski definition) is 3. The third-order valence-electron chi connectivity index (χ3n) is 2.36. The van der Waals surface area contributed by atoms with Crippen LogP contribution in [0.1, 0.15) is 0 Å². The third kappa shape index (κ3) is 4.53. The number of benzene rings is 2. The minimum Gasteiger partial charge on any atom is -0.491 e. The van der Waals surface area contributed by atoms with Gasteiger partial charge >= 0.3 is 0 Å². The zero-order chi connectivity index (χ0) is 13.7. The average molecular weight is 314 g/mol. The molecule has 0 saturated carbocycles. The topological polar surface area (TPSA) is 35.2 Å². The Morgan fingerprint density at radius 1 is 1.11 bits per heavy atom. The van der Waals surface area contributed by atoms with Crippen LogP contribution < -0.4 is 10.5 Å². The molecule has 0 aromatic heterocycles. The molecule has 2 aromatic carbocycles. The molecule has 0 amide bonds. The summed E-state index contributed by atoms with van der Waals surface area (Å²) in [5, 5.41) is 1.13. The Morgan fingerprint density at radius 2 is 1.95 bits per heavy atom. The number of thioether (sulfide) groups is 1. The molecule has 0 bridgehead atoms. The van der Waals surface area contributed by atoms with Crippen molar-refractivity contribution in [2.75, 3.05) is 18.1 Å². The standard InChI is InChI=1S/C14H13Cl2NOS/c15-10-4-5-14(13(16)8-10)18-6-7-19-12-3-1-2-11(17)9-12/h1-5,8-9H,6-7,17H2. The van der Waals surface area contributed by atoms with E-state index < -0.39 is 0 Å². The third-order valence-corrected chi connectivity index (χ3v) is 3.85. The molecule has 0 aliphatic heterocycles. The number of nitrogen functional groups attached to an aromatic ring is 1. The summed E-state index contributed by atoms with van der Waals surface area (Å²) in [5.74, 6) is 1.47. The number of ether oxygens (including phenoxy) is 1. The van der Waals surface area contributed by atoms with Gasteiger partial charge in [0.15, 0.2) is 0 Å². The Morgan fingerprint density at radius 3 is 2.68 bits per heavy atom. The summed E-state index contributed by atoms with van der Waals surface area (Å²) in [5.41, 5.74) is 6.48. The summed E-state index contributed by atoms with van der Waals surface area (Å²) in [6.45, 7) is 0.570. The van der Waals surface area contributed by atoms with Gasteiger partial charge in [-0.2, -0.15) is 0 Å². The lowest BCUT2D eigenvalue weighted by atomic mass is 10.3. The van der Waals surface area contributed by atoms with E-state index in [2.05, 4.69) is 0 Å². The molecule has 2 rings (SSSR count). The molecule has 5 heteroatoms. The normalized spacial score (nSPS) is 10.4. The van der Waals surface area contributed by atoms with Gasteiger partial charge in [0.1, 0.15) is 5.75 Å². The van der Waals surface area contributed by atoms with E-state index in [1.807, 2.05) is 24.3 Å². The Hall–Kier alpha value is -1.03. The van der Waals surface area contributed by atoms with Crippen molar-refractivity contribution in [2.24, 2.45) is 0 Å². The van der Waals surface area contributed by atoms with Crippen molar-refractivity contribution in [3.63, 3.8) is 0 Å². The Kier molecular flexibility index (Phi) is 5.25. The highest BCUT2D eigenvalue weighted by Gasteiger charge is 2.02. The molecule has 19 heavy (non-hydrogen) atoms. The van der Waals surface area contributed by atoms with Gasteiger partial charge in [-0.25, -0.2) is 0 Å². The Bertz CT molecular complexity index is 563. The first kappa shape index (κ1) is 14.4. The monoisotopic (exact) mass is 313 g/mol. The lowest BCUT2D eigenvalue weighted by Gasteiger charge is -2.08. The molecule has 0 spiro atoms. The predicted octanol–water partition coefficient (Wildman–Crippen LogP) is 4.75. The van der Waals surface area contributed by atoms with Gasteiger partial charge < -0.3 is 10.5 Å². The predicted molar refractivity (Wildman–Crippen MR) is 83.5 cm³/mol. The first-order valence-electron chi connectivity index (χ1n) is 5.71. The van der Waals surface area contributed by atoms with Gasteiger partial charge in [-0.1, -0.05) is 29.3 Å². The van der Waals surface area contributed by atoms with Crippen molar-refractivity contribution in [3.05, 3.63) is 52.5 Å². The second-order valence-corrected chi connectivity index (χ2v) is 5.86.